The summed E-state index contributed by atoms with van der Waals surface area (Å²) >= 11 is 0. The van der Waals surface area contributed by atoms with Crippen LogP contribution in [0, 0.1) is 20.8 Å². The van der Waals surface area contributed by atoms with Crippen LogP contribution in [0.25, 0.3) is 0 Å². The van der Waals surface area contributed by atoms with E-state index in [2.05, 4.69) is 26.9 Å². The molecule has 0 aliphatic rings. The molecular weight excluding hydrogens is 426 g/mol. The minimum atomic E-state index is -4.20. The fourth-order valence-corrected chi connectivity index (χ4v) is 4.44. The van der Waals surface area contributed by atoms with Crippen LogP contribution < -0.4 is 10.5 Å². The molecule has 8 nitrogen and oxygen atoms in total. The van der Waals surface area contributed by atoms with Crippen LogP contribution in [-0.4, -0.2) is 29.1 Å². The number of nitrogen functional groups attached to an aromatic ring is 1. The normalized spacial score (nSPS) is 12.1. The number of pyridine rings is 1. The quantitative estimate of drug-likeness (QED) is 0.609. The van der Waals surface area contributed by atoms with Crippen LogP contribution >= 0.6 is 0 Å². The fraction of sp³-hybridized carbons (Fsp3) is 0.348. The molecule has 0 saturated carbocycles. The Morgan fingerprint density at radius 2 is 1.72 bits per heavy atom. The van der Waals surface area contributed by atoms with Crippen molar-refractivity contribution in [2.45, 2.75) is 58.5 Å². The standard InChI is InChI=1S/C23H29N5O3S/c1-14-10-15(2)17(16(3)11-14)13-28-18(12-19(26-28)23(4,5)6)22(29)27-32(30,31)21-9-7-8-20(24)25-21/h7-12H,13H2,1-6H3,(H2,24,25)(H,27,29). The third kappa shape index (κ3) is 4.99. The highest BCUT2D eigenvalue weighted by molar-refractivity contribution is 7.90. The van der Waals surface area contributed by atoms with Crippen LogP contribution in [-0.2, 0) is 22.0 Å². The molecule has 0 aliphatic carbocycles. The molecule has 0 aliphatic heterocycles. The third-order valence-electron chi connectivity index (χ3n) is 5.18. The van der Waals surface area contributed by atoms with E-state index in [1.54, 1.807) is 10.7 Å². The van der Waals surface area contributed by atoms with E-state index in [9.17, 15) is 13.2 Å². The molecule has 0 saturated heterocycles. The van der Waals surface area contributed by atoms with Gasteiger partial charge in [0.05, 0.1) is 12.2 Å². The molecule has 0 bridgehead atoms. The second-order valence-electron chi connectivity index (χ2n) is 9.04. The number of benzene rings is 1. The fourth-order valence-electron chi connectivity index (χ4n) is 3.50. The second kappa shape index (κ2) is 8.38. The Morgan fingerprint density at radius 3 is 2.28 bits per heavy atom. The van der Waals surface area contributed by atoms with Gasteiger partial charge in [-0.2, -0.15) is 13.5 Å². The SMILES string of the molecule is Cc1cc(C)c(Cn2nc(C(C)(C)C)cc2C(=O)NS(=O)(=O)c2cccc(N)n2)c(C)c1. The number of hydrogen-bond acceptors (Lipinski definition) is 6. The maximum Gasteiger partial charge on any atom is 0.283 e. The molecule has 9 heteroatoms. The lowest BCUT2D eigenvalue weighted by molar-refractivity contribution is 0.0971. The lowest BCUT2D eigenvalue weighted by Crippen LogP contribution is -2.33. The molecular formula is C23H29N5O3S. The molecule has 32 heavy (non-hydrogen) atoms. The maximum atomic E-state index is 13.1. The van der Waals surface area contributed by atoms with Gasteiger partial charge in [0.2, 0.25) is 0 Å². The number of amides is 1. The summed E-state index contributed by atoms with van der Waals surface area (Å²) in [4.78, 5) is 16.9. The van der Waals surface area contributed by atoms with Gasteiger partial charge in [-0.3, -0.25) is 9.48 Å². The molecule has 1 amide bonds. The van der Waals surface area contributed by atoms with Gasteiger partial charge < -0.3 is 5.73 Å². The Bertz CT molecular complexity index is 1260. The average molecular weight is 456 g/mol. The van der Waals surface area contributed by atoms with Crippen molar-refractivity contribution in [3.8, 4) is 0 Å². The minimum Gasteiger partial charge on any atom is -0.384 e. The van der Waals surface area contributed by atoms with Crippen molar-refractivity contribution in [3.63, 3.8) is 0 Å². The number of nitrogens with zero attached hydrogens (tertiary/aromatic N) is 3. The van der Waals surface area contributed by atoms with Crippen LogP contribution in [0.15, 0.2) is 41.4 Å². The van der Waals surface area contributed by atoms with Crippen molar-refractivity contribution in [2.75, 3.05) is 5.73 Å². The van der Waals surface area contributed by atoms with Gasteiger partial charge in [-0.05, 0) is 55.7 Å². The van der Waals surface area contributed by atoms with Gasteiger partial charge in [0.15, 0.2) is 5.03 Å². The van der Waals surface area contributed by atoms with E-state index in [-0.39, 0.29) is 22.0 Å². The van der Waals surface area contributed by atoms with Gasteiger partial charge in [-0.15, -0.1) is 0 Å². The molecule has 2 heterocycles. The van der Waals surface area contributed by atoms with Crippen LogP contribution in [0.3, 0.4) is 0 Å². The average Bonchev–Trinajstić information content (AvgIpc) is 3.09. The number of anilines is 1. The van der Waals surface area contributed by atoms with Crippen molar-refractivity contribution < 1.29 is 13.2 Å². The Balaban J connectivity index is 2.02. The van der Waals surface area contributed by atoms with Crippen LogP contribution in [0.2, 0.25) is 0 Å². The molecule has 1 aromatic carbocycles. The maximum absolute atomic E-state index is 13.1. The van der Waals surface area contributed by atoms with Gasteiger partial charge in [0.25, 0.3) is 15.9 Å². The van der Waals surface area contributed by atoms with Crippen molar-refractivity contribution in [3.05, 3.63) is 70.0 Å². The topological polar surface area (TPSA) is 120 Å². The predicted octanol–water partition coefficient (Wildman–Crippen LogP) is 3.25. The van der Waals surface area contributed by atoms with Crippen LogP contribution in [0.4, 0.5) is 5.82 Å². The molecule has 170 valence electrons. The van der Waals surface area contributed by atoms with E-state index in [1.807, 2.05) is 41.5 Å². The Morgan fingerprint density at radius 1 is 1.09 bits per heavy atom. The number of rotatable bonds is 5. The smallest absolute Gasteiger partial charge is 0.283 e. The largest absolute Gasteiger partial charge is 0.384 e. The summed E-state index contributed by atoms with van der Waals surface area (Å²) in [7, 11) is -4.20. The highest BCUT2D eigenvalue weighted by Gasteiger charge is 2.27. The van der Waals surface area contributed by atoms with E-state index in [0.717, 1.165) is 22.3 Å². The zero-order valence-corrected chi connectivity index (χ0v) is 20.0. The number of aromatic nitrogens is 3. The number of nitrogens with two attached hydrogens (primary N) is 1. The summed E-state index contributed by atoms with van der Waals surface area (Å²) in [5.41, 5.74) is 10.5. The van der Waals surface area contributed by atoms with E-state index < -0.39 is 15.9 Å². The van der Waals surface area contributed by atoms with Crippen molar-refractivity contribution in [1.29, 1.82) is 0 Å². The Labute approximate surface area is 188 Å². The van der Waals surface area contributed by atoms with Gasteiger partial charge in [0, 0.05) is 5.41 Å². The summed E-state index contributed by atoms with van der Waals surface area (Å²) < 4.78 is 29.1. The first-order valence-electron chi connectivity index (χ1n) is 10.2. The molecule has 0 spiro atoms. The van der Waals surface area contributed by atoms with E-state index in [1.165, 1.54) is 18.2 Å². The lowest BCUT2D eigenvalue weighted by atomic mass is 9.92. The predicted molar refractivity (Wildman–Crippen MR) is 124 cm³/mol. The van der Waals surface area contributed by atoms with Crippen molar-refractivity contribution in [1.82, 2.24) is 19.5 Å². The number of carbonyl (C=O) groups is 1. The van der Waals surface area contributed by atoms with Crippen LogP contribution in [0.1, 0.15) is 59.2 Å². The molecule has 0 radical (unpaired) electrons. The highest BCUT2D eigenvalue weighted by Crippen LogP contribution is 2.24. The van der Waals surface area contributed by atoms with Crippen molar-refractivity contribution >= 4 is 21.7 Å². The van der Waals surface area contributed by atoms with E-state index in [0.29, 0.717) is 12.2 Å². The van der Waals surface area contributed by atoms with Gasteiger partial charge in [-0.1, -0.05) is 44.5 Å². The first-order valence-corrected chi connectivity index (χ1v) is 11.7. The molecule has 3 rings (SSSR count). The third-order valence-corrected chi connectivity index (χ3v) is 6.41. The van der Waals surface area contributed by atoms with E-state index >= 15 is 0 Å². The minimum absolute atomic E-state index is 0.0470. The highest BCUT2D eigenvalue weighted by atomic mass is 32.2. The molecule has 0 unspecified atom stereocenters. The number of sulfonamides is 1. The summed E-state index contributed by atoms with van der Waals surface area (Å²) in [5.74, 6) is -0.731. The first kappa shape index (κ1) is 23.5. The number of hydrogen-bond donors (Lipinski definition) is 2. The molecule has 3 aromatic rings. The molecule has 0 atom stereocenters. The Hall–Kier alpha value is -3.20. The number of nitrogens with one attached hydrogen (secondary N) is 1. The van der Waals surface area contributed by atoms with Gasteiger partial charge in [-0.25, -0.2) is 9.71 Å². The summed E-state index contributed by atoms with van der Waals surface area (Å²) in [6, 6.07) is 10.0. The molecule has 3 N–H and O–H groups in total. The van der Waals surface area contributed by atoms with Crippen LogP contribution in [0.5, 0.6) is 0 Å². The summed E-state index contributed by atoms with van der Waals surface area (Å²) in [5, 5.41) is 4.32. The van der Waals surface area contributed by atoms with Crippen molar-refractivity contribution in [2.24, 2.45) is 0 Å². The van der Waals surface area contributed by atoms with Gasteiger partial charge in [0.1, 0.15) is 11.5 Å². The monoisotopic (exact) mass is 455 g/mol. The number of aryl methyl sites for hydroxylation is 3. The summed E-state index contributed by atoms with van der Waals surface area (Å²) in [6.45, 7) is 12.3. The lowest BCUT2D eigenvalue weighted by Gasteiger charge is -2.15. The van der Waals surface area contributed by atoms with Gasteiger partial charge >= 0.3 is 0 Å². The zero-order chi connectivity index (χ0) is 23.8. The second-order valence-corrected chi connectivity index (χ2v) is 10.7. The van der Waals surface area contributed by atoms with E-state index in [4.69, 9.17) is 5.73 Å². The number of carbonyl (C=O) groups excluding carboxylic acids is 1. The summed E-state index contributed by atoms with van der Waals surface area (Å²) in [6.07, 6.45) is 0. The Kier molecular flexibility index (Phi) is 6.15. The molecule has 2 aromatic heterocycles. The first-order chi connectivity index (χ1) is 14.8. The zero-order valence-electron chi connectivity index (χ0n) is 19.2. The molecule has 0 fully saturated rings.